The van der Waals surface area contributed by atoms with Crippen molar-refractivity contribution in [3.63, 3.8) is 0 Å². The van der Waals surface area contributed by atoms with E-state index in [0.29, 0.717) is 11.4 Å². The number of rotatable bonds is 4. The summed E-state index contributed by atoms with van der Waals surface area (Å²) in [6.45, 7) is -0.0362. The van der Waals surface area contributed by atoms with Gasteiger partial charge < -0.3 is 10.2 Å². The topological polar surface area (TPSA) is 78.1 Å². The number of H-pyrrole nitrogens is 1. The number of aromatic nitrogens is 2. The van der Waals surface area contributed by atoms with Gasteiger partial charge in [0.05, 0.1) is 12.2 Å². The number of benzene rings is 1. The highest BCUT2D eigenvalue weighted by Crippen LogP contribution is 2.16. The van der Waals surface area contributed by atoms with E-state index in [1.807, 2.05) is 30.3 Å². The van der Waals surface area contributed by atoms with Crippen molar-refractivity contribution in [2.45, 2.75) is 0 Å². The van der Waals surface area contributed by atoms with Gasteiger partial charge in [0.15, 0.2) is 0 Å². The summed E-state index contributed by atoms with van der Waals surface area (Å²) in [7, 11) is 3.27. The molecule has 0 bridgehead atoms. The first-order chi connectivity index (χ1) is 9.58. The fourth-order valence-electron chi connectivity index (χ4n) is 1.60. The first-order valence-electron chi connectivity index (χ1n) is 6.17. The van der Waals surface area contributed by atoms with Crippen molar-refractivity contribution in [1.82, 2.24) is 20.4 Å². The van der Waals surface area contributed by atoms with Crippen LogP contribution in [0.15, 0.2) is 36.4 Å². The van der Waals surface area contributed by atoms with Crippen LogP contribution in [-0.2, 0) is 4.79 Å². The molecule has 6 nitrogen and oxygen atoms in total. The molecule has 0 unspecified atom stereocenters. The molecule has 104 valence electrons. The molecular weight excluding hydrogens is 256 g/mol. The number of nitrogens with zero attached hydrogens (tertiary/aromatic N) is 2. The normalized spacial score (nSPS) is 10.1. The predicted octanol–water partition coefficient (Wildman–Crippen LogP) is 0.895. The second kappa shape index (κ2) is 6.01. The molecule has 1 aromatic carbocycles. The number of nitrogens with one attached hydrogen (secondary N) is 2. The summed E-state index contributed by atoms with van der Waals surface area (Å²) in [6, 6.07) is 11.2. The molecule has 2 rings (SSSR count). The van der Waals surface area contributed by atoms with Gasteiger partial charge >= 0.3 is 0 Å². The second-order valence-electron chi connectivity index (χ2n) is 4.50. The van der Waals surface area contributed by atoms with Gasteiger partial charge in [0.25, 0.3) is 5.91 Å². The Morgan fingerprint density at radius 1 is 1.25 bits per heavy atom. The largest absolute Gasteiger partial charge is 0.347 e. The monoisotopic (exact) mass is 272 g/mol. The van der Waals surface area contributed by atoms with Crippen molar-refractivity contribution >= 4 is 11.8 Å². The van der Waals surface area contributed by atoms with E-state index in [1.165, 1.54) is 4.90 Å². The zero-order valence-corrected chi connectivity index (χ0v) is 11.4. The average Bonchev–Trinajstić information content (AvgIpc) is 2.95. The standard InChI is InChI=1S/C14H16N4O2/c1-18(2)13(19)9-15-14(20)12-8-11(16-17-12)10-6-4-3-5-7-10/h3-8H,9H2,1-2H3,(H,15,20)(H,16,17). The van der Waals surface area contributed by atoms with Crippen LogP contribution in [0.1, 0.15) is 10.5 Å². The third kappa shape index (κ3) is 3.23. The van der Waals surface area contributed by atoms with Crippen LogP contribution < -0.4 is 5.32 Å². The molecule has 0 aliphatic heterocycles. The predicted molar refractivity (Wildman–Crippen MR) is 75.1 cm³/mol. The SMILES string of the molecule is CN(C)C(=O)CNC(=O)c1cc(-c2ccccc2)n[nH]1. The number of amides is 2. The van der Waals surface area contributed by atoms with E-state index in [0.717, 1.165) is 5.56 Å². The molecule has 2 N–H and O–H groups in total. The molecule has 0 aliphatic rings. The molecule has 0 saturated carbocycles. The summed E-state index contributed by atoms with van der Waals surface area (Å²) in [5.41, 5.74) is 1.94. The molecule has 1 aromatic heterocycles. The fraction of sp³-hybridized carbons (Fsp3) is 0.214. The molecule has 0 atom stereocenters. The van der Waals surface area contributed by atoms with E-state index in [4.69, 9.17) is 0 Å². The number of hydrogen-bond acceptors (Lipinski definition) is 3. The molecule has 6 heteroatoms. The van der Waals surface area contributed by atoms with Gasteiger partial charge in [0.2, 0.25) is 5.91 Å². The van der Waals surface area contributed by atoms with Crippen molar-refractivity contribution in [3.05, 3.63) is 42.1 Å². The van der Waals surface area contributed by atoms with Gasteiger partial charge in [-0.2, -0.15) is 5.10 Å². The van der Waals surface area contributed by atoms with Gasteiger partial charge in [-0.15, -0.1) is 0 Å². The zero-order valence-electron chi connectivity index (χ0n) is 11.4. The summed E-state index contributed by atoms with van der Waals surface area (Å²) >= 11 is 0. The van der Waals surface area contributed by atoms with Crippen LogP contribution in [0.2, 0.25) is 0 Å². The molecular formula is C14H16N4O2. The van der Waals surface area contributed by atoms with Crippen LogP contribution in [0.25, 0.3) is 11.3 Å². The van der Waals surface area contributed by atoms with Crippen LogP contribution in [0.5, 0.6) is 0 Å². The van der Waals surface area contributed by atoms with Gasteiger partial charge in [-0.25, -0.2) is 0 Å². The first kappa shape index (κ1) is 13.8. The van der Waals surface area contributed by atoms with E-state index < -0.39 is 0 Å². The molecule has 0 saturated heterocycles. The Kier molecular flexibility index (Phi) is 4.14. The zero-order chi connectivity index (χ0) is 14.5. The highest BCUT2D eigenvalue weighted by Gasteiger charge is 2.12. The maximum Gasteiger partial charge on any atom is 0.269 e. The summed E-state index contributed by atoms with van der Waals surface area (Å²) in [5.74, 6) is -0.518. The summed E-state index contributed by atoms with van der Waals surface area (Å²) in [4.78, 5) is 24.7. The number of carbonyl (C=O) groups excluding carboxylic acids is 2. The highest BCUT2D eigenvalue weighted by atomic mass is 16.2. The Hall–Kier alpha value is -2.63. The Labute approximate surface area is 116 Å². The Morgan fingerprint density at radius 2 is 1.95 bits per heavy atom. The lowest BCUT2D eigenvalue weighted by Crippen LogP contribution is -2.36. The quantitative estimate of drug-likeness (QED) is 0.867. The van der Waals surface area contributed by atoms with E-state index in [-0.39, 0.29) is 18.4 Å². The van der Waals surface area contributed by atoms with Crippen LogP contribution in [0.4, 0.5) is 0 Å². The van der Waals surface area contributed by atoms with Crippen LogP contribution in [-0.4, -0.2) is 47.6 Å². The molecule has 0 radical (unpaired) electrons. The maximum atomic E-state index is 11.9. The molecule has 0 spiro atoms. The van der Waals surface area contributed by atoms with Gasteiger partial charge in [-0.3, -0.25) is 14.7 Å². The summed E-state index contributed by atoms with van der Waals surface area (Å²) in [5, 5.41) is 9.30. The molecule has 2 aromatic rings. The third-order valence-corrected chi connectivity index (χ3v) is 2.79. The van der Waals surface area contributed by atoms with Crippen LogP contribution in [0.3, 0.4) is 0 Å². The van der Waals surface area contributed by atoms with E-state index in [2.05, 4.69) is 15.5 Å². The molecule has 2 amide bonds. The Morgan fingerprint density at radius 3 is 2.60 bits per heavy atom. The molecule has 0 aliphatic carbocycles. The van der Waals surface area contributed by atoms with Gasteiger partial charge in [-0.1, -0.05) is 30.3 Å². The number of carbonyl (C=O) groups is 2. The third-order valence-electron chi connectivity index (χ3n) is 2.79. The lowest BCUT2D eigenvalue weighted by molar-refractivity contribution is -0.127. The Balaban J connectivity index is 2.02. The fourth-order valence-corrected chi connectivity index (χ4v) is 1.60. The van der Waals surface area contributed by atoms with Crippen molar-refractivity contribution in [1.29, 1.82) is 0 Å². The number of aromatic amines is 1. The second-order valence-corrected chi connectivity index (χ2v) is 4.50. The lowest BCUT2D eigenvalue weighted by atomic mass is 10.1. The van der Waals surface area contributed by atoms with Crippen LogP contribution in [0, 0.1) is 0 Å². The van der Waals surface area contributed by atoms with Crippen molar-refractivity contribution < 1.29 is 9.59 Å². The van der Waals surface area contributed by atoms with Crippen molar-refractivity contribution in [2.24, 2.45) is 0 Å². The highest BCUT2D eigenvalue weighted by molar-refractivity contribution is 5.95. The Bertz CT molecular complexity index is 605. The smallest absolute Gasteiger partial charge is 0.269 e. The van der Waals surface area contributed by atoms with E-state index >= 15 is 0 Å². The maximum absolute atomic E-state index is 11.9. The summed E-state index contributed by atoms with van der Waals surface area (Å²) < 4.78 is 0. The number of likely N-dealkylation sites (N-methyl/N-ethyl adjacent to an activating group) is 1. The van der Waals surface area contributed by atoms with E-state index in [1.54, 1.807) is 20.2 Å². The minimum atomic E-state index is -0.352. The minimum Gasteiger partial charge on any atom is -0.347 e. The average molecular weight is 272 g/mol. The lowest BCUT2D eigenvalue weighted by Gasteiger charge is -2.10. The van der Waals surface area contributed by atoms with Gasteiger partial charge in [-0.05, 0) is 6.07 Å². The van der Waals surface area contributed by atoms with Gasteiger partial charge in [0.1, 0.15) is 5.69 Å². The van der Waals surface area contributed by atoms with Crippen molar-refractivity contribution in [2.75, 3.05) is 20.6 Å². The van der Waals surface area contributed by atoms with Crippen LogP contribution >= 0.6 is 0 Å². The summed E-state index contributed by atoms with van der Waals surface area (Å²) in [6.07, 6.45) is 0. The minimum absolute atomic E-state index is 0.0362. The molecule has 20 heavy (non-hydrogen) atoms. The first-order valence-corrected chi connectivity index (χ1v) is 6.17. The van der Waals surface area contributed by atoms with Crippen molar-refractivity contribution in [3.8, 4) is 11.3 Å². The molecule has 0 fully saturated rings. The molecule has 1 heterocycles. The van der Waals surface area contributed by atoms with E-state index in [9.17, 15) is 9.59 Å². The number of hydrogen-bond donors (Lipinski definition) is 2. The van der Waals surface area contributed by atoms with Gasteiger partial charge in [0, 0.05) is 19.7 Å².